The van der Waals surface area contributed by atoms with Crippen molar-refractivity contribution >= 4 is 0 Å². The van der Waals surface area contributed by atoms with E-state index in [0.29, 0.717) is 6.04 Å². The molecule has 2 rings (SSSR count). The largest absolute Gasteiger partial charge is 0.494 e. The maximum absolute atomic E-state index is 5.45. The van der Waals surface area contributed by atoms with Crippen LogP contribution in [0.25, 0.3) is 0 Å². The monoisotopic (exact) mass is 276 g/mol. The van der Waals surface area contributed by atoms with Crippen molar-refractivity contribution in [3.05, 3.63) is 29.8 Å². The molecule has 1 unspecified atom stereocenters. The summed E-state index contributed by atoms with van der Waals surface area (Å²) in [7, 11) is 0. The summed E-state index contributed by atoms with van der Waals surface area (Å²) in [5, 5.41) is 3.59. The van der Waals surface area contributed by atoms with Crippen LogP contribution in [0.5, 0.6) is 5.75 Å². The molecule has 1 atom stereocenters. The van der Waals surface area contributed by atoms with Gasteiger partial charge in [-0.2, -0.15) is 0 Å². The van der Waals surface area contributed by atoms with Gasteiger partial charge in [0.15, 0.2) is 0 Å². The number of benzene rings is 1. The first-order valence-electron chi connectivity index (χ1n) is 7.85. The summed E-state index contributed by atoms with van der Waals surface area (Å²) in [5.74, 6) is 1.76. The van der Waals surface area contributed by atoms with Gasteiger partial charge in [-0.3, -0.25) is 0 Å². The van der Waals surface area contributed by atoms with E-state index in [-0.39, 0.29) is 0 Å². The summed E-state index contributed by atoms with van der Waals surface area (Å²) in [4.78, 5) is 2.57. The van der Waals surface area contributed by atoms with Crippen molar-refractivity contribution in [2.45, 2.75) is 39.8 Å². The van der Waals surface area contributed by atoms with Gasteiger partial charge in [0, 0.05) is 19.1 Å². The van der Waals surface area contributed by atoms with E-state index < -0.39 is 0 Å². The van der Waals surface area contributed by atoms with E-state index in [4.69, 9.17) is 4.74 Å². The Morgan fingerprint density at radius 3 is 2.65 bits per heavy atom. The zero-order valence-electron chi connectivity index (χ0n) is 13.1. The third-order valence-corrected chi connectivity index (χ3v) is 4.04. The first-order valence-corrected chi connectivity index (χ1v) is 7.85. The predicted octanol–water partition coefficient (Wildman–Crippen LogP) is 2.91. The average Bonchev–Trinajstić information content (AvgIpc) is 2.90. The van der Waals surface area contributed by atoms with E-state index in [1.165, 1.54) is 25.1 Å². The molecule has 0 bridgehead atoms. The van der Waals surface area contributed by atoms with Crippen molar-refractivity contribution in [2.24, 2.45) is 5.92 Å². The highest BCUT2D eigenvalue weighted by Gasteiger charge is 2.23. The van der Waals surface area contributed by atoms with Gasteiger partial charge in [-0.1, -0.05) is 12.1 Å². The van der Waals surface area contributed by atoms with Crippen molar-refractivity contribution in [3.8, 4) is 5.75 Å². The van der Waals surface area contributed by atoms with Crippen LogP contribution in [0.4, 0.5) is 0 Å². The molecule has 0 amide bonds. The van der Waals surface area contributed by atoms with Gasteiger partial charge in [0.1, 0.15) is 5.75 Å². The first kappa shape index (κ1) is 15.3. The Labute approximate surface area is 123 Å². The molecule has 0 aromatic heterocycles. The van der Waals surface area contributed by atoms with Crippen LogP contribution in [0.15, 0.2) is 24.3 Å². The van der Waals surface area contributed by atoms with Crippen molar-refractivity contribution in [1.29, 1.82) is 0 Å². The summed E-state index contributed by atoms with van der Waals surface area (Å²) in [5.41, 5.74) is 1.33. The maximum atomic E-state index is 5.45. The molecule has 20 heavy (non-hydrogen) atoms. The number of ether oxygens (including phenoxy) is 1. The third-order valence-electron chi connectivity index (χ3n) is 4.04. The minimum Gasteiger partial charge on any atom is -0.494 e. The lowest BCUT2D eigenvalue weighted by Crippen LogP contribution is -2.30. The molecular formula is C17H28N2O. The lowest BCUT2D eigenvalue weighted by atomic mass is 10.1. The van der Waals surface area contributed by atoms with Crippen LogP contribution < -0.4 is 10.1 Å². The number of rotatable bonds is 7. The number of hydrogen-bond acceptors (Lipinski definition) is 3. The van der Waals surface area contributed by atoms with Crippen LogP contribution in [0.2, 0.25) is 0 Å². The molecule has 3 heteroatoms. The van der Waals surface area contributed by atoms with Crippen LogP contribution in [-0.2, 0) is 6.54 Å². The fraction of sp³-hybridized carbons (Fsp3) is 0.647. The molecule has 3 nitrogen and oxygen atoms in total. The second kappa shape index (κ2) is 7.65. The summed E-state index contributed by atoms with van der Waals surface area (Å²) in [6.07, 6.45) is 1.33. The van der Waals surface area contributed by atoms with Gasteiger partial charge in [0.2, 0.25) is 0 Å². The highest BCUT2D eigenvalue weighted by Crippen LogP contribution is 2.18. The SMILES string of the molecule is CCOc1ccc(CNCC2CCN(C(C)C)C2)cc1. The molecule has 1 aliphatic rings. The molecule has 0 aliphatic carbocycles. The topological polar surface area (TPSA) is 24.5 Å². The molecule has 1 N–H and O–H groups in total. The number of nitrogens with one attached hydrogen (secondary N) is 1. The molecule has 112 valence electrons. The van der Waals surface area contributed by atoms with E-state index in [1.807, 2.05) is 6.92 Å². The van der Waals surface area contributed by atoms with Crippen molar-refractivity contribution in [2.75, 3.05) is 26.2 Å². The van der Waals surface area contributed by atoms with Gasteiger partial charge in [-0.15, -0.1) is 0 Å². The van der Waals surface area contributed by atoms with E-state index in [0.717, 1.165) is 31.4 Å². The molecule has 1 saturated heterocycles. The summed E-state index contributed by atoms with van der Waals surface area (Å²) in [6, 6.07) is 9.08. The fourth-order valence-corrected chi connectivity index (χ4v) is 2.79. The summed E-state index contributed by atoms with van der Waals surface area (Å²) in [6.45, 7) is 11.9. The Kier molecular flexibility index (Phi) is 5.86. The molecule has 1 aliphatic heterocycles. The lowest BCUT2D eigenvalue weighted by Gasteiger charge is -2.20. The molecule has 1 aromatic rings. The number of nitrogens with zero attached hydrogens (tertiary/aromatic N) is 1. The third kappa shape index (κ3) is 4.50. The van der Waals surface area contributed by atoms with Gasteiger partial charge in [-0.25, -0.2) is 0 Å². The fourth-order valence-electron chi connectivity index (χ4n) is 2.79. The molecule has 0 radical (unpaired) electrons. The average molecular weight is 276 g/mol. The van der Waals surface area contributed by atoms with Crippen LogP contribution in [0.3, 0.4) is 0 Å². The zero-order valence-corrected chi connectivity index (χ0v) is 13.1. The highest BCUT2D eigenvalue weighted by molar-refractivity contribution is 5.27. The van der Waals surface area contributed by atoms with Crippen LogP contribution >= 0.6 is 0 Å². The van der Waals surface area contributed by atoms with E-state index in [1.54, 1.807) is 0 Å². The predicted molar refractivity (Wildman–Crippen MR) is 84.1 cm³/mol. The molecule has 0 spiro atoms. The molecule has 1 aromatic carbocycles. The summed E-state index contributed by atoms with van der Waals surface area (Å²) >= 11 is 0. The second-order valence-electron chi connectivity index (χ2n) is 5.95. The Bertz CT molecular complexity index is 388. The first-order chi connectivity index (χ1) is 9.69. The Morgan fingerprint density at radius 1 is 1.30 bits per heavy atom. The van der Waals surface area contributed by atoms with Crippen molar-refractivity contribution in [1.82, 2.24) is 10.2 Å². The minimum absolute atomic E-state index is 0.686. The summed E-state index contributed by atoms with van der Waals surface area (Å²) < 4.78 is 5.45. The van der Waals surface area contributed by atoms with E-state index in [2.05, 4.69) is 48.3 Å². The van der Waals surface area contributed by atoms with E-state index >= 15 is 0 Å². The number of hydrogen-bond donors (Lipinski definition) is 1. The quantitative estimate of drug-likeness (QED) is 0.829. The standard InChI is InChI=1S/C17H28N2O/c1-4-20-17-7-5-15(6-8-17)11-18-12-16-9-10-19(13-16)14(2)3/h5-8,14,16,18H,4,9-13H2,1-3H3. The lowest BCUT2D eigenvalue weighted by molar-refractivity contribution is 0.264. The van der Waals surface area contributed by atoms with Gasteiger partial charge >= 0.3 is 0 Å². The molecule has 0 saturated carbocycles. The van der Waals surface area contributed by atoms with E-state index in [9.17, 15) is 0 Å². The number of likely N-dealkylation sites (tertiary alicyclic amines) is 1. The Balaban J connectivity index is 1.68. The van der Waals surface area contributed by atoms with Gasteiger partial charge in [-0.05, 0) is 63.9 Å². The smallest absolute Gasteiger partial charge is 0.119 e. The van der Waals surface area contributed by atoms with Crippen molar-refractivity contribution < 1.29 is 4.74 Å². The van der Waals surface area contributed by atoms with Crippen molar-refractivity contribution in [3.63, 3.8) is 0 Å². The van der Waals surface area contributed by atoms with Crippen LogP contribution in [0.1, 0.15) is 32.8 Å². The zero-order chi connectivity index (χ0) is 14.4. The second-order valence-corrected chi connectivity index (χ2v) is 5.95. The van der Waals surface area contributed by atoms with Crippen LogP contribution in [0, 0.1) is 5.92 Å². The van der Waals surface area contributed by atoms with Gasteiger partial charge in [0.05, 0.1) is 6.61 Å². The molecule has 1 fully saturated rings. The van der Waals surface area contributed by atoms with Gasteiger partial charge < -0.3 is 15.0 Å². The van der Waals surface area contributed by atoms with Crippen LogP contribution in [-0.4, -0.2) is 37.2 Å². The normalized spacial score (nSPS) is 19.7. The van der Waals surface area contributed by atoms with Gasteiger partial charge in [0.25, 0.3) is 0 Å². The highest BCUT2D eigenvalue weighted by atomic mass is 16.5. The Hall–Kier alpha value is -1.06. The minimum atomic E-state index is 0.686. The molecular weight excluding hydrogens is 248 g/mol. The molecule has 1 heterocycles. The Morgan fingerprint density at radius 2 is 2.05 bits per heavy atom. The maximum Gasteiger partial charge on any atom is 0.119 e.